The molecule has 0 bridgehead atoms. The van der Waals surface area contributed by atoms with Gasteiger partial charge in [-0.05, 0) is 13.0 Å². The second-order valence-electron chi connectivity index (χ2n) is 3.01. The molecular weight excluding hydrogens is 192 g/mol. The van der Waals surface area contributed by atoms with Gasteiger partial charge in [0.1, 0.15) is 0 Å². The van der Waals surface area contributed by atoms with Crippen LogP contribution in [-0.2, 0) is 0 Å². The molecule has 0 saturated carbocycles. The smallest absolute Gasteiger partial charge is 0.258 e. The van der Waals surface area contributed by atoms with Crippen LogP contribution >= 0.6 is 0 Å². The third-order valence-electron chi connectivity index (χ3n) is 1.93. The summed E-state index contributed by atoms with van der Waals surface area (Å²) >= 11 is 0. The van der Waals surface area contributed by atoms with E-state index in [4.69, 9.17) is 10.4 Å². The standard InChI is InChI=1S/C10H10N4O/c1-7-13-10(15-14-7)9-5-3-2-4-8(9)6-12-11/h2-6H,11H2,1H3. The molecular formula is C10H10N4O. The minimum Gasteiger partial charge on any atom is -0.334 e. The lowest BCUT2D eigenvalue weighted by atomic mass is 10.1. The molecule has 0 atom stereocenters. The molecule has 0 fully saturated rings. The molecule has 1 heterocycles. The van der Waals surface area contributed by atoms with Crippen molar-refractivity contribution in [3.8, 4) is 11.5 Å². The van der Waals surface area contributed by atoms with Gasteiger partial charge in [-0.3, -0.25) is 0 Å². The summed E-state index contributed by atoms with van der Waals surface area (Å²) in [6.45, 7) is 1.77. The Kier molecular flexibility index (Phi) is 2.45. The summed E-state index contributed by atoms with van der Waals surface area (Å²) in [6.07, 6.45) is 1.55. The summed E-state index contributed by atoms with van der Waals surface area (Å²) in [5.41, 5.74) is 1.68. The number of rotatable bonds is 2. The van der Waals surface area contributed by atoms with Crippen molar-refractivity contribution in [3.05, 3.63) is 35.7 Å². The number of benzene rings is 1. The summed E-state index contributed by atoms with van der Waals surface area (Å²) < 4.78 is 5.07. The Morgan fingerprint density at radius 1 is 1.40 bits per heavy atom. The molecule has 0 unspecified atom stereocenters. The topological polar surface area (TPSA) is 77.3 Å². The van der Waals surface area contributed by atoms with Crippen LogP contribution in [0.25, 0.3) is 11.5 Å². The van der Waals surface area contributed by atoms with E-state index in [1.165, 1.54) is 0 Å². The molecule has 76 valence electrons. The van der Waals surface area contributed by atoms with Crippen LogP contribution < -0.4 is 5.84 Å². The van der Waals surface area contributed by atoms with Crippen LogP contribution in [-0.4, -0.2) is 16.4 Å². The molecule has 0 aliphatic rings. The second-order valence-corrected chi connectivity index (χ2v) is 3.01. The highest BCUT2D eigenvalue weighted by molar-refractivity contribution is 5.88. The van der Waals surface area contributed by atoms with Gasteiger partial charge in [0.15, 0.2) is 5.82 Å². The van der Waals surface area contributed by atoms with Gasteiger partial charge in [-0.15, -0.1) is 0 Å². The van der Waals surface area contributed by atoms with Crippen molar-refractivity contribution in [1.29, 1.82) is 0 Å². The van der Waals surface area contributed by atoms with Gasteiger partial charge in [0, 0.05) is 11.1 Å². The molecule has 5 heteroatoms. The van der Waals surface area contributed by atoms with Crippen LogP contribution in [0.2, 0.25) is 0 Å². The second kappa shape index (κ2) is 3.91. The summed E-state index contributed by atoms with van der Waals surface area (Å²) in [4.78, 5) is 4.14. The van der Waals surface area contributed by atoms with Crippen LogP contribution in [0.15, 0.2) is 33.9 Å². The van der Waals surface area contributed by atoms with Gasteiger partial charge in [-0.2, -0.15) is 10.1 Å². The summed E-state index contributed by atoms with van der Waals surface area (Å²) in [5.74, 6) is 6.19. The van der Waals surface area contributed by atoms with Crippen LogP contribution in [0.3, 0.4) is 0 Å². The lowest BCUT2D eigenvalue weighted by Gasteiger charge is -1.98. The van der Waals surface area contributed by atoms with E-state index in [1.54, 1.807) is 13.1 Å². The van der Waals surface area contributed by atoms with Gasteiger partial charge in [0.2, 0.25) is 0 Å². The molecule has 0 amide bonds. The van der Waals surface area contributed by atoms with Crippen molar-refractivity contribution in [1.82, 2.24) is 10.1 Å². The van der Waals surface area contributed by atoms with E-state index >= 15 is 0 Å². The first kappa shape index (κ1) is 9.39. The van der Waals surface area contributed by atoms with Crippen molar-refractivity contribution >= 4 is 6.21 Å². The minimum atomic E-state index is 0.475. The zero-order valence-corrected chi connectivity index (χ0v) is 8.21. The number of hydrogen-bond acceptors (Lipinski definition) is 5. The predicted octanol–water partition coefficient (Wildman–Crippen LogP) is 1.34. The Balaban J connectivity index is 2.52. The highest BCUT2D eigenvalue weighted by Crippen LogP contribution is 2.20. The van der Waals surface area contributed by atoms with Gasteiger partial charge >= 0.3 is 0 Å². The number of aromatic nitrogens is 2. The molecule has 1 aromatic carbocycles. The van der Waals surface area contributed by atoms with Gasteiger partial charge in [-0.25, -0.2) is 0 Å². The Hall–Kier alpha value is -2.17. The van der Waals surface area contributed by atoms with E-state index in [0.29, 0.717) is 11.7 Å². The predicted molar refractivity (Wildman–Crippen MR) is 56.3 cm³/mol. The average molecular weight is 202 g/mol. The number of aryl methyl sites for hydroxylation is 1. The maximum absolute atomic E-state index is 5.12. The molecule has 0 saturated heterocycles. The van der Waals surface area contributed by atoms with Crippen molar-refractivity contribution in [2.75, 3.05) is 0 Å². The Morgan fingerprint density at radius 3 is 2.87 bits per heavy atom. The zero-order chi connectivity index (χ0) is 10.7. The summed E-state index contributed by atoms with van der Waals surface area (Å²) in [7, 11) is 0. The lowest BCUT2D eigenvalue weighted by Crippen LogP contribution is -1.90. The highest BCUT2D eigenvalue weighted by atomic mass is 16.5. The van der Waals surface area contributed by atoms with E-state index in [-0.39, 0.29) is 0 Å². The van der Waals surface area contributed by atoms with Gasteiger partial charge < -0.3 is 10.4 Å². The fourth-order valence-corrected chi connectivity index (χ4v) is 1.29. The number of hydrazone groups is 1. The number of nitrogens with two attached hydrogens (primary N) is 1. The normalized spacial score (nSPS) is 11.0. The van der Waals surface area contributed by atoms with E-state index in [2.05, 4.69) is 15.2 Å². The van der Waals surface area contributed by atoms with E-state index in [0.717, 1.165) is 11.1 Å². The average Bonchev–Trinajstić information content (AvgIpc) is 2.66. The minimum absolute atomic E-state index is 0.475. The number of nitrogens with zero attached hydrogens (tertiary/aromatic N) is 3. The number of hydrogen-bond donors (Lipinski definition) is 1. The first-order chi connectivity index (χ1) is 7.31. The fourth-order valence-electron chi connectivity index (χ4n) is 1.29. The van der Waals surface area contributed by atoms with E-state index < -0.39 is 0 Å². The van der Waals surface area contributed by atoms with Crippen LogP contribution in [0.5, 0.6) is 0 Å². The van der Waals surface area contributed by atoms with Crippen LogP contribution in [0, 0.1) is 6.92 Å². The fraction of sp³-hybridized carbons (Fsp3) is 0.100. The van der Waals surface area contributed by atoms with Crippen molar-refractivity contribution in [3.63, 3.8) is 0 Å². The van der Waals surface area contributed by atoms with Crippen LogP contribution in [0.4, 0.5) is 0 Å². The maximum Gasteiger partial charge on any atom is 0.258 e. The summed E-state index contributed by atoms with van der Waals surface area (Å²) in [6, 6.07) is 7.54. The molecule has 0 spiro atoms. The maximum atomic E-state index is 5.12. The molecule has 1 aromatic heterocycles. The zero-order valence-electron chi connectivity index (χ0n) is 8.21. The third kappa shape index (κ3) is 1.85. The molecule has 5 nitrogen and oxygen atoms in total. The Bertz CT molecular complexity index is 490. The summed E-state index contributed by atoms with van der Waals surface area (Å²) in [5, 5.41) is 7.22. The van der Waals surface area contributed by atoms with Crippen molar-refractivity contribution < 1.29 is 4.52 Å². The van der Waals surface area contributed by atoms with Crippen molar-refractivity contribution in [2.24, 2.45) is 10.9 Å². The SMILES string of the molecule is Cc1noc(-c2ccccc2C=NN)n1. The monoisotopic (exact) mass is 202 g/mol. The molecule has 0 aliphatic carbocycles. The van der Waals surface area contributed by atoms with Gasteiger partial charge in [-0.1, -0.05) is 23.4 Å². The Labute approximate surface area is 86.6 Å². The highest BCUT2D eigenvalue weighted by Gasteiger charge is 2.09. The van der Waals surface area contributed by atoms with Crippen LogP contribution in [0.1, 0.15) is 11.4 Å². The molecule has 0 aliphatic heterocycles. The molecule has 0 radical (unpaired) electrons. The van der Waals surface area contributed by atoms with Gasteiger partial charge in [0.25, 0.3) is 5.89 Å². The van der Waals surface area contributed by atoms with E-state index in [9.17, 15) is 0 Å². The molecule has 2 rings (SSSR count). The largest absolute Gasteiger partial charge is 0.334 e. The quantitative estimate of drug-likeness (QED) is 0.453. The third-order valence-corrected chi connectivity index (χ3v) is 1.93. The Morgan fingerprint density at radius 2 is 2.20 bits per heavy atom. The van der Waals surface area contributed by atoms with E-state index in [1.807, 2.05) is 24.3 Å². The molecule has 2 aromatic rings. The van der Waals surface area contributed by atoms with Gasteiger partial charge in [0.05, 0.1) is 6.21 Å². The first-order valence-corrected chi connectivity index (χ1v) is 4.44. The molecule has 15 heavy (non-hydrogen) atoms. The molecule has 2 N–H and O–H groups in total. The first-order valence-electron chi connectivity index (χ1n) is 4.44. The lowest BCUT2D eigenvalue weighted by molar-refractivity contribution is 0.425. The van der Waals surface area contributed by atoms with Crippen molar-refractivity contribution in [2.45, 2.75) is 6.92 Å².